The highest BCUT2D eigenvalue weighted by Crippen LogP contribution is 2.44. The van der Waals surface area contributed by atoms with Gasteiger partial charge >= 0.3 is 12.1 Å². The van der Waals surface area contributed by atoms with E-state index >= 15 is 0 Å². The van der Waals surface area contributed by atoms with E-state index in [2.05, 4.69) is 29.6 Å². The fourth-order valence-electron chi connectivity index (χ4n) is 3.30. The van der Waals surface area contributed by atoms with E-state index in [1.165, 1.54) is 11.1 Å². The van der Waals surface area contributed by atoms with Crippen LogP contribution in [0.1, 0.15) is 37.8 Å². The minimum Gasteiger partial charge on any atom is -0.459 e. The maximum Gasteiger partial charge on any atom is 0.407 e. The molecule has 1 aliphatic rings. The zero-order valence-electron chi connectivity index (χ0n) is 16.8. The number of carbonyl (C=O) groups is 2. The van der Waals surface area contributed by atoms with Crippen molar-refractivity contribution in [1.29, 1.82) is 0 Å². The lowest BCUT2D eigenvalue weighted by atomic mass is 9.98. The lowest BCUT2D eigenvalue weighted by Crippen LogP contribution is -2.45. The highest BCUT2D eigenvalue weighted by atomic mass is 35.5. The first kappa shape index (κ1) is 22.7. The predicted octanol–water partition coefficient (Wildman–Crippen LogP) is 3.62. The van der Waals surface area contributed by atoms with Crippen molar-refractivity contribution in [3.8, 4) is 11.1 Å². The number of amides is 1. The molecule has 0 radical (unpaired) electrons. The molecular formula is C22H27ClN2O4. The average Bonchev–Trinajstić information content (AvgIpc) is 2.97. The van der Waals surface area contributed by atoms with Gasteiger partial charge in [-0.2, -0.15) is 0 Å². The first-order chi connectivity index (χ1) is 13.3. The number of rotatable bonds is 5. The first-order valence-corrected chi connectivity index (χ1v) is 9.33. The summed E-state index contributed by atoms with van der Waals surface area (Å²) >= 11 is 0. The molecule has 0 unspecified atom stereocenters. The molecular weight excluding hydrogens is 392 g/mol. The van der Waals surface area contributed by atoms with Gasteiger partial charge in [0.15, 0.2) is 0 Å². The van der Waals surface area contributed by atoms with Crippen LogP contribution in [0, 0.1) is 0 Å². The molecule has 7 heteroatoms. The molecule has 0 bridgehead atoms. The van der Waals surface area contributed by atoms with Crippen molar-refractivity contribution in [3.63, 3.8) is 0 Å². The van der Waals surface area contributed by atoms with E-state index in [0.717, 1.165) is 11.1 Å². The molecule has 0 spiro atoms. The summed E-state index contributed by atoms with van der Waals surface area (Å²) in [6.07, 6.45) is -0.610. The highest BCUT2D eigenvalue weighted by Gasteiger charge is 2.29. The van der Waals surface area contributed by atoms with Gasteiger partial charge in [-0.3, -0.25) is 4.79 Å². The summed E-state index contributed by atoms with van der Waals surface area (Å²) in [6.45, 7) is 5.44. The number of ether oxygens (including phenoxy) is 2. The Morgan fingerprint density at radius 2 is 1.55 bits per heavy atom. The van der Waals surface area contributed by atoms with Gasteiger partial charge in [0.25, 0.3) is 0 Å². The third kappa shape index (κ3) is 5.49. The average molecular weight is 419 g/mol. The Morgan fingerprint density at radius 1 is 1.03 bits per heavy atom. The Morgan fingerprint density at radius 3 is 2.07 bits per heavy atom. The number of esters is 1. The van der Waals surface area contributed by atoms with Gasteiger partial charge in [-0.1, -0.05) is 48.5 Å². The Bertz CT molecular complexity index is 834. The Balaban J connectivity index is 0.00000300. The van der Waals surface area contributed by atoms with Crippen molar-refractivity contribution in [2.75, 3.05) is 13.2 Å². The monoisotopic (exact) mass is 418 g/mol. The summed E-state index contributed by atoms with van der Waals surface area (Å²) in [4.78, 5) is 24.0. The Hall–Kier alpha value is -2.57. The molecule has 156 valence electrons. The number of benzene rings is 2. The third-order valence-corrected chi connectivity index (χ3v) is 4.52. The molecule has 3 N–H and O–H groups in total. The van der Waals surface area contributed by atoms with Gasteiger partial charge in [0, 0.05) is 12.5 Å². The summed E-state index contributed by atoms with van der Waals surface area (Å²) in [5.41, 5.74) is 9.76. The SMILES string of the molecule is CC(C)(C)OC(=O)[C@H](N)CNC(=O)OCC1c2ccccc2-c2ccccc21.Cl. The number of carbonyl (C=O) groups excluding carboxylic acids is 2. The molecule has 0 saturated carbocycles. The van der Waals surface area contributed by atoms with Gasteiger partial charge < -0.3 is 20.5 Å². The number of nitrogens with two attached hydrogens (primary N) is 1. The number of hydrogen-bond donors (Lipinski definition) is 2. The molecule has 3 rings (SSSR count). The lowest BCUT2D eigenvalue weighted by molar-refractivity contribution is -0.156. The standard InChI is InChI=1S/C22H26N2O4.ClH/c1-22(2,3)28-20(25)19(23)12-24-21(26)27-13-18-16-10-6-4-8-14(16)15-9-5-7-11-17(15)18;/h4-11,18-19H,12-13,23H2,1-3H3,(H,24,26);1H/t19-;/m1./s1. The maximum atomic E-state index is 12.1. The molecule has 2 aromatic carbocycles. The predicted molar refractivity (Wildman–Crippen MR) is 114 cm³/mol. The molecule has 1 amide bonds. The number of halogens is 1. The summed E-state index contributed by atoms with van der Waals surface area (Å²) < 4.78 is 10.6. The highest BCUT2D eigenvalue weighted by molar-refractivity contribution is 5.85. The minimum atomic E-state index is -0.945. The topological polar surface area (TPSA) is 90.6 Å². The van der Waals surface area contributed by atoms with E-state index in [9.17, 15) is 9.59 Å². The van der Waals surface area contributed by atoms with Crippen LogP contribution in [-0.2, 0) is 14.3 Å². The summed E-state index contributed by atoms with van der Waals surface area (Å²) in [5.74, 6) is -0.580. The summed E-state index contributed by atoms with van der Waals surface area (Å²) in [7, 11) is 0. The number of nitrogens with one attached hydrogen (secondary N) is 1. The van der Waals surface area contributed by atoms with Gasteiger partial charge in [-0.15, -0.1) is 12.4 Å². The van der Waals surface area contributed by atoms with E-state index in [0.29, 0.717) is 0 Å². The lowest BCUT2D eigenvalue weighted by Gasteiger charge is -2.22. The van der Waals surface area contributed by atoms with E-state index in [1.807, 2.05) is 24.3 Å². The second-order valence-corrected chi connectivity index (χ2v) is 7.85. The number of hydrogen-bond acceptors (Lipinski definition) is 5. The summed E-state index contributed by atoms with van der Waals surface area (Å²) in [6, 6.07) is 15.3. The van der Waals surface area contributed by atoms with Crippen LogP contribution >= 0.6 is 12.4 Å². The molecule has 0 heterocycles. The van der Waals surface area contributed by atoms with E-state index in [4.69, 9.17) is 15.2 Å². The normalized spacial score (nSPS) is 13.5. The van der Waals surface area contributed by atoms with Crippen molar-refractivity contribution in [2.45, 2.75) is 38.3 Å². The van der Waals surface area contributed by atoms with Crippen molar-refractivity contribution in [2.24, 2.45) is 5.73 Å². The molecule has 0 aromatic heterocycles. The third-order valence-electron chi connectivity index (χ3n) is 4.52. The van der Waals surface area contributed by atoms with Gasteiger partial charge in [0.2, 0.25) is 0 Å². The fraction of sp³-hybridized carbons (Fsp3) is 0.364. The van der Waals surface area contributed by atoms with E-state index in [1.54, 1.807) is 20.8 Å². The van der Waals surface area contributed by atoms with Crippen LogP contribution in [0.2, 0.25) is 0 Å². The largest absolute Gasteiger partial charge is 0.459 e. The molecule has 2 aromatic rings. The molecule has 0 saturated heterocycles. The zero-order valence-corrected chi connectivity index (χ0v) is 17.6. The van der Waals surface area contributed by atoms with Gasteiger partial charge in [-0.25, -0.2) is 4.79 Å². The van der Waals surface area contributed by atoms with Crippen molar-refractivity contribution >= 4 is 24.5 Å². The van der Waals surface area contributed by atoms with Crippen LogP contribution in [0.5, 0.6) is 0 Å². The second-order valence-electron chi connectivity index (χ2n) is 7.85. The second kappa shape index (κ2) is 9.29. The van der Waals surface area contributed by atoms with Crippen LogP contribution in [0.3, 0.4) is 0 Å². The van der Waals surface area contributed by atoms with Crippen LogP contribution in [0.15, 0.2) is 48.5 Å². The summed E-state index contributed by atoms with van der Waals surface area (Å²) in [5, 5.41) is 2.53. The van der Waals surface area contributed by atoms with E-state index < -0.39 is 23.7 Å². The maximum absolute atomic E-state index is 12.1. The quantitative estimate of drug-likeness (QED) is 0.724. The van der Waals surface area contributed by atoms with Gasteiger partial charge in [0.1, 0.15) is 18.2 Å². The molecule has 29 heavy (non-hydrogen) atoms. The molecule has 0 fully saturated rings. The first-order valence-electron chi connectivity index (χ1n) is 9.33. The van der Waals surface area contributed by atoms with Crippen molar-refractivity contribution in [3.05, 3.63) is 59.7 Å². The molecule has 1 atom stereocenters. The van der Waals surface area contributed by atoms with Crippen LogP contribution in [0.4, 0.5) is 4.79 Å². The van der Waals surface area contributed by atoms with Crippen LogP contribution in [-0.4, -0.2) is 36.9 Å². The van der Waals surface area contributed by atoms with Crippen LogP contribution < -0.4 is 11.1 Å². The van der Waals surface area contributed by atoms with Crippen molar-refractivity contribution in [1.82, 2.24) is 5.32 Å². The Labute approximate surface area is 177 Å². The van der Waals surface area contributed by atoms with Gasteiger partial charge in [-0.05, 0) is 43.0 Å². The Kier molecular flexibility index (Phi) is 7.27. The number of fused-ring (bicyclic) bond motifs is 3. The molecule has 1 aliphatic carbocycles. The van der Waals surface area contributed by atoms with Gasteiger partial charge in [0.05, 0.1) is 0 Å². The molecule has 0 aliphatic heterocycles. The smallest absolute Gasteiger partial charge is 0.407 e. The van der Waals surface area contributed by atoms with E-state index in [-0.39, 0.29) is 31.5 Å². The minimum absolute atomic E-state index is 0. The van der Waals surface area contributed by atoms with Crippen LogP contribution in [0.25, 0.3) is 11.1 Å². The van der Waals surface area contributed by atoms with Crippen molar-refractivity contribution < 1.29 is 19.1 Å². The fourth-order valence-corrected chi connectivity index (χ4v) is 3.30. The zero-order chi connectivity index (χ0) is 20.3. The number of alkyl carbamates (subject to hydrolysis) is 1. The molecule has 6 nitrogen and oxygen atoms in total.